The minimum atomic E-state index is -4.88. The Balaban J connectivity index is 4.75. The molecule has 0 bridgehead atoms. The number of allylic oxidation sites excluding steroid dienone is 5. The zero-order valence-electron chi connectivity index (χ0n) is 33.5. The maximum atomic E-state index is 12.6. The normalized spacial score (nSPS) is 15.2. The van der Waals surface area contributed by atoms with Crippen molar-refractivity contribution < 1.29 is 66.7 Å². The summed E-state index contributed by atoms with van der Waals surface area (Å²) >= 11 is 0. The number of ether oxygens (including phenoxy) is 2. The zero-order chi connectivity index (χ0) is 41.2. The Kier molecular flexibility index (Phi) is 33.3. The molecule has 0 aromatic heterocycles. The van der Waals surface area contributed by atoms with Gasteiger partial charge in [0.25, 0.3) is 0 Å². The lowest BCUT2D eigenvalue weighted by Gasteiger charge is -2.20. The molecule has 322 valence electrons. The van der Waals surface area contributed by atoms with Gasteiger partial charge in [0, 0.05) is 12.8 Å². The van der Waals surface area contributed by atoms with Crippen LogP contribution in [0.3, 0.4) is 0 Å². The summed E-state index contributed by atoms with van der Waals surface area (Å²) < 4.78 is 47.4. The lowest BCUT2D eigenvalue weighted by Crippen LogP contribution is -2.30. The number of carbonyl (C=O) groups excluding carboxylic acids is 2. The molecule has 0 aliphatic heterocycles. The van der Waals surface area contributed by atoms with Crippen LogP contribution in [0.4, 0.5) is 0 Å². The fourth-order valence-electron chi connectivity index (χ4n) is 5.19. The van der Waals surface area contributed by atoms with Gasteiger partial charge in [0.2, 0.25) is 0 Å². The van der Waals surface area contributed by atoms with Gasteiger partial charge in [-0.1, -0.05) is 134 Å². The largest absolute Gasteiger partial charge is 0.472 e. The first-order valence-electron chi connectivity index (χ1n) is 20.1. The van der Waals surface area contributed by atoms with Gasteiger partial charge < -0.3 is 34.4 Å². The Morgan fingerprint density at radius 3 is 1.91 bits per heavy atom. The van der Waals surface area contributed by atoms with Gasteiger partial charge >= 0.3 is 27.6 Å². The van der Waals surface area contributed by atoms with Gasteiger partial charge in [-0.05, 0) is 44.4 Å². The fraction of sp³-hybridized carbons (Fsp3) is 0.795. The van der Waals surface area contributed by atoms with Gasteiger partial charge in [-0.15, -0.1) is 0 Å². The smallest absolute Gasteiger partial charge is 0.462 e. The predicted octanol–water partition coefficient (Wildman–Crippen LogP) is 8.55. The number of hydrogen-bond acceptors (Lipinski definition) is 11. The van der Waals surface area contributed by atoms with E-state index in [4.69, 9.17) is 23.8 Å². The Bertz CT molecular complexity index is 1150. The molecule has 0 aliphatic carbocycles. The Hall–Kier alpha value is -1.70. The molecular weight excluding hydrogens is 754 g/mol. The molecule has 55 heavy (non-hydrogen) atoms. The Morgan fingerprint density at radius 2 is 1.24 bits per heavy atom. The standard InChI is InChI=1S/C39H72O14P2/c1-4-5-6-7-8-9-10-11-12-13-16-19-22-26-35(40)27-24-29-39(43)53-37(33-52-55(47,48)51-31-36(41)30-50-54(44,45)46)32-49-38(42)28-23-20-17-14-15-18-21-25-34(2)3/h11-12,16,19,22,26,34-37,40-41H,4-10,13-15,17-18,20-21,23-25,27-33H2,1-3H3,(H,47,48)(H2,44,45,46)/b12-11+,19-16+,26-22+/t35?,36-,37+/m0/s1. The maximum absolute atomic E-state index is 12.6. The number of rotatable bonds is 37. The van der Waals surface area contributed by atoms with Crippen LogP contribution >= 0.6 is 15.6 Å². The maximum Gasteiger partial charge on any atom is 0.472 e. The van der Waals surface area contributed by atoms with E-state index < -0.39 is 72.3 Å². The SMILES string of the molecule is CCCCCCCC/C=C/C/C=C/C=C/C(O)CCCC(=O)O[C@H](COC(=O)CCCCCCCCCC(C)C)COP(=O)(O)OC[C@@H](O)COP(=O)(O)O. The van der Waals surface area contributed by atoms with Gasteiger partial charge in [0.05, 0.1) is 25.9 Å². The first-order chi connectivity index (χ1) is 26.1. The van der Waals surface area contributed by atoms with Crippen LogP contribution in [-0.2, 0) is 41.8 Å². The number of aliphatic hydroxyl groups excluding tert-OH is 2. The van der Waals surface area contributed by atoms with E-state index in [-0.39, 0.29) is 25.7 Å². The van der Waals surface area contributed by atoms with Gasteiger partial charge in [0.15, 0.2) is 6.10 Å². The molecule has 14 nitrogen and oxygen atoms in total. The van der Waals surface area contributed by atoms with Crippen molar-refractivity contribution >= 4 is 27.6 Å². The summed E-state index contributed by atoms with van der Waals surface area (Å²) in [5.74, 6) is -0.522. The minimum absolute atomic E-state index is 0.0922. The average Bonchev–Trinajstić information content (AvgIpc) is 3.11. The summed E-state index contributed by atoms with van der Waals surface area (Å²) in [4.78, 5) is 52.5. The van der Waals surface area contributed by atoms with Crippen molar-refractivity contribution in [3.8, 4) is 0 Å². The molecule has 0 aromatic carbocycles. The van der Waals surface area contributed by atoms with Crippen LogP contribution in [0.25, 0.3) is 0 Å². The van der Waals surface area contributed by atoms with Gasteiger partial charge in [0.1, 0.15) is 12.7 Å². The first kappa shape index (κ1) is 53.3. The highest BCUT2D eigenvalue weighted by atomic mass is 31.2. The van der Waals surface area contributed by atoms with Crippen LogP contribution in [0.5, 0.6) is 0 Å². The molecule has 4 atom stereocenters. The third kappa shape index (κ3) is 38.9. The molecule has 0 saturated heterocycles. The first-order valence-corrected chi connectivity index (χ1v) is 23.2. The fourth-order valence-corrected chi connectivity index (χ4v) is 6.34. The number of unbranched alkanes of at least 4 members (excludes halogenated alkanes) is 12. The molecule has 0 saturated carbocycles. The lowest BCUT2D eigenvalue weighted by molar-refractivity contribution is -0.161. The molecule has 0 radical (unpaired) electrons. The molecule has 0 fully saturated rings. The van der Waals surface area contributed by atoms with Gasteiger partial charge in [-0.3, -0.25) is 23.2 Å². The van der Waals surface area contributed by atoms with Crippen LogP contribution in [0.2, 0.25) is 0 Å². The number of carbonyl (C=O) groups is 2. The van der Waals surface area contributed by atoms with Crippen molar-refractivity contribution in [1.29, 1.82) is 0 Å². The highest BCUT2D eigenvalue weighted by Crippen LogP contribution is 2.43. The quantitative estimate of drug-likeness (QED) is 0.0130. The highest BCUT2D eigenvalue weighted by Gasteiger charge is 2.28. The van der Waals surface area contributed by atoms with Crippen molar-refractivity contribution in [2.75, 3.05) is 26.4 Å². The summed E-state index contributed by atoms with van der Waals surface area (Å²) in [6, 6.07) is 0. The van der Waals surface area contributed by atoms with Crippen molar-refractivity contribution in [2.45, 2.75) is 167 Å². The number of phosphoric ester groups is 2. The van der Waals surface area contributed by atoms with Crippen LogP contribution in [0, 0.1) is 5.92 Å². The number of phosphoric acid groups is 2. The summed E-state index contributed by atoms with van der Waals surface area (Å²) in [6.45, 7) is 3.75. The second-order valence-electron chi connectivity index (χ2n) is 14.2. The molecule has 0 heterocycles. The summed E-state index contributed by atoms with van der Waals surface area (Å²) in [7, 11) is -9.73. The second kappa shape index (κ2) is 34.4. The third-order valence-corrected chi connectivity index (χ3v) is 9.74. The van der Waals surface area contributed by atoms with Crippen LogP contribution < -0.4 is 0 Å². The van der Waals surface area contributed by atoms with E-state index in [2.05, 4.69) is 42.0 Å². The summed E-state index contributed by atoms with van der Waals surface area (Å²) in [6.07, 6.45) is 26.4. The molecule has 0 amide bonds. The summed E-state index contributed by atoms with van der Waals surface area (Å²) in [5.41, 5.74) is 0. The molecule has 0 rings (SSSR count). The average molecular weight is 827 g/mol. The molecule has 2 unspecified atom stereocenters. The molecular formula is C39H72O14P2. The summed E-state index contributed by atoms with van der Waals surface area (Å²) in [5, 5.41) is 20.0. The van der Waals surface area contributed by atoms with Crippen molar-refractivity contribution in [3.05, 3.63) is 36.5 Å². The van der Waals surface area contributed by atoms with E-state index in [1.165, 1.54) is 57.8 Å². The number of hydrogen-bond donors (Lipinski definition) is 5. The minimum Gasteiger partial charge on any atom is -0.462 e. The van der Waals surface area contributed by atoms with E-state index in [1.54, 1.807) is 12.2 Å². The molecule has 0 aliphatic rings. The second-order valence-corrected chi connectivity index (χ2v) is 16.9. The van der Waals surface area contributed by atoms with Crippen LogP contribution in [0.1, 0.15) is 149 Å². The molecule has 16 heteroatoms. The van der Waals surface area contributed by atoms with E-state index in [0.29, 0.717) is 12.3 Å². The molecule has 0 spiro atoms. The topological polar surface area (TPSA) is 216 Å². The zero-order valence-corrected chi connectivity index (χ0v) is 35.3. The monoisotopic (exact) mass is 826 g/mol. The van der Waals surface area contributed by atoms with Crippen molar-refractivity contribution in [1.82, 2.24) is 0 Å². The predicted molar refractivity (Wildman–Crippen MR) is 213 cm³/mol. The van der Waals surface area contributed by atoms with E-state index in [9.17, 15) is 33.8 Å². The van der Waals surface area contributed by atoms with Crippen LogP contribution in [-0.4, -0.2) is 81.6 Å². The van der Waals surface area contributed by atoms with Crippen LogP contribution in [0.15, 0.2) is 36.5 Å². The Labute approximate surface area is 329 Å². The molecule has 5 N–H and O–H groups in total. The van der Waals surface area contributed by atoms with Gasteiger partial charge in [-0.25, -0.2) is 9.13 Å². The third-order valence-electron chi connectivity index (χ3n) is 8.30. The van der Waals surface area contributed by atoms with E-state index >= 15 is 0 Å². The lowest BCUT2D eigenvalue weighted by atomic mass is 10.0. The number of aliphatic hydroxyl groups is 2. The number of esters is 2. The van der Waals surface area contributed by atoms with Gasteiger partial charge in [-0.2, -0.15) is 0 Å². The van der Waals surface area contributed by atoms with Crippen molar-refractivity contribution in [2.24, 2.45) is 5.92 Å². The van der Waals surface area contributed by atoms with E-state index in [1.807, 2.05) is 12.2 Å². The highest BCUT2D eigenvalue weighted by molar-refractivity contribution is 7.47. The molecule has 0 aromatic rings. The Morgan fingerprint density at radius 1 is 0.636 bits per heavy atom. The van der Waals surface area contributed by atoms with E-state index in [0.717, 1.165) is 38.5 Å². The van der Waals surface area contributed by atoms with Crippen molar-refractivity contribution in [3.63, 3.8) is 0 Å².